The second kappa shape index (κ2) is 7.31. The predicted octanol–water partition coefficient (Wildman–Crippen LogP) is 3.75. The molecule has 1 aliphatic rings. The number of anilines is 1. The van der Waals surface area contributed by atoms with E-state index in [1.807, 2.05) is 17.7 Å². The molecule has 6 nitrogen and oxygen atoms in total. The van der Waals surface area contributed by atoms with Gasteiger partial charge in [0, 0.05) is 12.2 Å². The maximum absolute atomic E-state index is 14.9. The first-order valence-corrected chi connectivity index (χ1v) is 9.66. The summed E-state index contributed by atoms with van der Waals surface area (Å²) in [5, 5.41) is 11.1. The van der Waals surface area contributed by atoms with Gasteiger partial charge in [-0.1, -0.05) is 13.0 Å². The van der Waals surface area contributed by atoms with Crippen LogP contribution in [0.1, 0.15) is 53.5 Å². The number of halogens is 1. The van der Waals surface area contributed by atoms with Crippen molar-refractivity contribution in [1.29, 1.82) is 0 Å². The Kier molecular flexibility index (Phi) is 4.85. The second-order valence-electron chi connectivity index (χ2n) is 7.34. The van der Waals surface area contributed by atoms with E-state index >= 15 is 0 Å². The molecule has 0 aliphatic carbocycles. The number of benzene rings is 1. The Balaban J connectivity index is 1.71. The van der Waals surface area contributed by atoms with E-state index in [9.17, 15) is 9.18 Å². The fourth-order valence-electron chi connectivity index (χ4n) is 3.65. The standard InChI is InChI=1S/C21H24FN5O/c1-4-13(3)27-20-17(11-24-27)16(9-12(2)25-20)21(28)26-18-6-5-14-10-23-8-7-15(14)19(18)22/h5-6,9,11,13,23H,4,7-8,10H2,1-3H3,(H,26,28). The zero-order valence-electron chi connectivity index (χ0n) is 16.3. The van der Waals surface area contributed by atoms with E-state index in [-0.39, 0.29) is 23.5 Å². The molecule has 1 unspecified atom stereocenters. The largest absolute Gasteiger partial charge is 0.319 e. The number of rotatable bonds is 4. The normalized spacial score (nSPS) is 14.7. The highest BCUT2D eigenvalue weighted by Gasteiger charge is 2.21. The Labute approximate surface area is 163 Å². The second-order valence-corrected chi connectivity index (χ2v) is 7.34. The van der Waals surface area contributed by atoms with Crippen LogP contribution in [0, 0.1) is 12.7 Å². The Morgan fingerprint density at radius 3 is 3.04 bits per heavy atom. The molecular formula is C21H24FN5O. The summed E-state index contributed by atoms with van der Waals surface area (Å²) in [7, 11) is 0. The number of aryl methyl sites for hydroxylation is 1. The summed E-state index contributed by atoms with van der Waals surface area (Å²) in [6, 6.07) is 5.40. The fraction of sp³-hybridized carbons (Fsp3) is 0.381. The molecule has 1 amide bonds. The minimum atomic E-state index is -0.355. The van der Waals surface area contributed by atoms with Crippen molar-refractivity contribution in [3.63, 3.8) is 0 Å². The Hall–Kier alpha value is -2.80. The van der Waals surface area contributed by atoms with Gasteiger partial charge in [-0.2, -0.15) is 5.10 Å². The number of hydrogen-bond donors (Lipinski definition) is 2. The van der Waals surface area contributed by atoms with Crippen molar-refractivity contribution in [1.82, 2.24) is 20.1 Å². The van der Waals surface area contributed by atoms with E-state index in [1.54, 1.807) is 18.3 Å². The van der Waals surface area contributed by atoms with Crippen LogP contribution in [0.2, 0.25) is 0 Å². The summed E-state index contributed by atoms with van der Waals surface area (Å²) < 4.78 is 16.7. The molecule has 2 aromatic heterocycles. The van der Waals surface area contributed by atoms with Crippen molar-refractivity contribution >= 4 is 22.6 Å². The molecule has 3 aromatic rings. The topological polar surface area (TPSA) is 71.8 Å². The smallest absolute Gasteiger partial charge is 0.256 e. The molecule has 0 radical (unpaired) electrons. The van der Waals surface area contributed by atoms with Crippen molar-refractivity contribution in [2.45, 2.75) is 46.2 Å². The Bertz CT molecular complexity index is 1060. The average Bonchev–Trinajstić information content (AvgIpc) is 3.12. The summed E-state index contributed by atoms with van der Waals surface area (Å²) in [5.41, 5.74) is 3.69. The molecule has 1 aliphatic heterocycles. The highest BCUT2D eigenvalue weighted by atomic mass is 19.1. The van der Waals surface area contributed by atoms with Crippen molar-refractivity contribution in [2.75, 3.05) is 11.9 Å². The highest BCUT2D eigenvalue weighted by molar-refractivity contribution is 6.12. The van der Waals surface area contributed by atoms with Crippen LogP contribution in [0.4, 0.5) is 10.1 Å². The molecule has 28 heavy (non-hydrogen) atoms. The van der Waals surface area contributed by atoms with Gasteiger partial charge in [-0.3, -0.25) is 4.79 Å². The summed E-state index contributed by atoms with van der Waals surface area (Å²) in [5.74, 6) is -0.698. The molecule has 0 saturated carbocycles. The third kappa shape index (κ3) is 3.16. The maximum atomic E-state index is 14.9. The van der Waals surface area contributed by atoms with Crippen molar-refractivity contribution in [2.24, 2.45) is 0 Å². The quantitative estimate of drug-likeness (QED) is 0.722. The molecule has 1 aromatic carbocycles. The lowest BCUT2D eigenvalue weighted by atomic mass is 9.99. The zero-order chi connectivity index (χ0) is 19.8. The number of pyridine rings is 1. The lowest BCUT2D eigenvalue weighted by Crippen LogP contribution is -2.25. The van der Waals surface area contributed by atoms with E-state index in [0.29, 0.717) is 35.1 Å². The first-order valence-electron chi connectivity index (χ1n) is 9.66. The number of aromatic nitrogens is 3. The van der Waals surface area contributed by atoms with Crippen molar-refractivity contribution in [3.05, 3.63) is 52.6 Å². The zero-order valence-corrected chi connectivity index (χ0v) is 16.3. The molecule has 3 heterocycles. The molecule has 0 bridgehead atoms. The minimum absolute atomic E-state index is 0.175. The van der Waals surface area contributed by atoms with Crippen LogP contribution in [0.15, 0.2) is 24.4 Å². The maximum Gasteiger partial charge on any atom is 0.256 e. The van der Waals surface area contributed by atoms with Gasteiger partial charge in [-0.05, 0) is 56.5 Å². The predicted molar refractivity (Wildman–Crippen MR) is 107 cm³/mol. The summed E-state index contributed by atoms with van der Waals surface area (Å²) in [4.78, 5) is 17.6. The molecule has 1 atom stereocenters. The van der Waals surface area contributed by atoms with E-state index in [2.05, 4.69) is 34.6 Å². The summed E-state index contributed by atoms with van der Waals surface area (Å²) >= 11 is 0. The van der Waals surface area contributed by atoms with Gasteiger partial charge in [0.05, 0.1) is 28.9 Å². The highest BCUT2D eigenvalue weighted by Crippen LogP contribution is 2.27. The van der Waals surface area contributed by atoms with Gasteiger partial charge in [0.25, 0.3) is 5.91 Å². The third-order valence-corrected chi connectivity index (χ3v) is 5.40. The lowest BCUT2D eigenvalue weighted by molar-refractivity contribution is 0.102. The van der Waals surface area contributed by atoms with E-state index in [0.717, 1.165) is 24.2 Å². The van der Waals surface area contributed by atoms with Crippen LogP contribution >= 0.6 is 0 Å². The average molecular weight is 381 g/mol. The molecular weight excluding hydrogens is 357 g/mol. The van der Waals surface area contributed by atoms with Crippen LogP contribution in [-0.4, -0.2) is 27.2 Å². The SMILES string of the molecule is CCC(C)n1ncc2c(C(=O)Nc3ccc4c(c3F)CCNC4)cc(C)nc21. The number of amides is 1. The van der Waals surface area contributed by atoms with Gasteiger partial charge in [0.15, 0.2) is 5.65 Å². The number of nitrogens with zero attached hydrogens (tertiary/aromatic N) is 3. The molecule has 4 rings (SSSR count). The van der Waals surface area contributed by atoms with Crippen molar-refractivity contribution in [3.8, 4) is 0 Å². The number of carbonyl (C=O) groups is 1. The number of hydrogen-bond acceptors (Lipinski definition) is 4. The molecule has 146 valence electrons. The van der Waals surface area contributed by atoms with E-state index in [1.165, 1.54) is 0 Å². The fourth-order valence-corrected chi connectivity index (χ4v) is 3.65. The van der Waals surface area contributed by atoms with Gasteiger partial charge >= 0.3 is 0 Å². The summed E-state index contributed by atoms with van der Waals surface area (Å²) in [6.45, 7) is 7.37. The van der Waals surface area contributed by atoms with Gasteiger partial charge in [0.1, 0.15) is 5.82 Å². The van der Waals surface area contributed by atoms with E-state index in [4.69, 9.17) is 0 Å². The third-order valence-electron chi connectivity index (χ3n) is 5.40. The minimum Gasteiger partial charge on any atom is -0.319 e. The lowest BCUT2D eigenvalue weighted by Gasteiger charge is -2.19. The van der Waals surface area contributed by atoms with Gasteiger partial charge < -0.3 is 10.6 Å². The molecule has 0 spiro atoms. The molecule has 0 fully saturated rings. The number of nitrogens with one attached hydrogen (secondary N) is 2. The van der Waals surface area contributed by atoms with Gasteiger partial charge in [0.2, 0.25) is 0 Å². The van der Waals surface area contributed by atoms with Crippen LogP contribution < -0.4 is 10.6 Å². The number of carbonyl (C=O) groups excluding carboxylic acids is 1. The van der Waals surface area contributed by atoms with Crippen LogP contribution in [-0.2, 0) is 13.0 Å². The van der Waals surface area contributed by atoms with Gasteiger partial charge in [-0.15, -0.1) is 0 Å². The molecule has 0 saturated heterocycles. The van der Waals surface area contributed by atoms with Crippen LogP contribution in [0.5, 0.6) is 0 Å². The van der Waals surface area contributed by atoms with Crippen LogP contribution in [0.25, 0.3) is 11.0 Å². The Morgan fingerprint density at radius 1 is 1.43 bits per heavy atom. The van der Waals surface area contributed by atoms with E-state index < -0.39 is 0 Å². The van der Waals surface area contributed by atoms with Crippen LogP contribution in [0.3, 0.4) is 0 Å². The number of fused-ring (bicyclic) bond motifs is 2. The molecule has 2 N–H and O–H groups in total. The summed E-state index contributed by atoms with van der Waals surface area (Å²) in [6.07, 6.45) is 3.19. The molecule has 7 heteroatoms. The van der Waals surface area contributed by atoms with Gasteiger partial charge in [-0.25, -0.2) is 14.1 Å². The first-order chi connectivity index (χ1) is 13.5. The first kappa shape index (κ1) is 18.6. The monoisotopic (exact) mass is 381 g/mol. The van der Waals surface area contributed by atoms with Crippen molar-refractivity contribution < 1.29 is 9.18 Å². The Morgan fingerprint density at radius 2 is 2.25 bits per heavy atom.